The molecule has 0 aliphatic carbocycles. The van der Waals surface area contributed by atoms with E-state index < -0.39 is 17.3 Å². The van der Waals surface area contributed by atoms with E-state index in [1.807, 2.05) is 0 Å². The number of carbonyl (C=O) groups is 1. The van der Waals surface area contributed by atoms with Crippen LogP contribution in [0.1, 0.15) is 10.5 Å². The van der Waals surface area contributed by atoms with Crippen LogP contribution in [-0.4, -0.2) is 15.7 Å². The lowest BCUT2D eigenvalue weighted by atomic mass is 10.1. The van der Waals surface area contributed by atoms with E-state index in [9.17, 15) is 14.0 Å². The summed E-state index contributed by atoms with van der Waals surface area (Å²) >= 11 is 0. The number of amides is 1. The molecule has 3 rings (SSSR count). The van der Waals surface area contributed by atoms with E-state index >= 15 is 0 Å². The summed E-state index contributed by atoms with van der Waals surface area (Å²) in [6.45, 7) is 0. The highest BCUT2D eigenvalue weighted by Gasteiger charge is 2.14. The number of hydrogen-bond acceptors (Lipinski definition) is 3. The van der Waals surface area contributed by atoms with Crippen molar-refractivity contribution in [2.45, 2.75) is 0 Å². The van der Waals surface area contributed by atoms with E-state index in [4.69, 9.17) is 5.73 Å². The largest absolute Gasteiger partial charge is 0.364 e. The first-order valence-electron chi connectivity index (χ1n) is 6.16. The van der Waals surface area contributed by atoms with E-state index in [-0.39, 0.29) is 5.69 Å². The van der Waals surface area contributed by atoms with E-state index in [2.05, 4.69) is 5.10 Å². The van der Waals surface area contributed by atoms with Gasteiger partial charge in [-0.2, -0.15) is 9.78 Å². The van der Waals surface area contributed by atoms with Crippen LogP contribution in [0.2, 0.25) is 0 Å². The van der Waals surface area contributed by atoms with Gasteiger partial charge in [0.05, 0.1) is 11.1 Å². The molecule has 0 radical (unpaired) electrons. The Morgan fingerprint density at radius 3 is 2.29 bits per heavy atom. The number of nitrogens with two attached hydrogens (primary N) is 1. The molecule has 0 fully saturated rings. The normalized spacial score (nSPS) is 10.7. The van der Waals surface area contributed by atoms with Gasteiger partial charge in [0.15, 0.2) is 5.69 Å². The van der Waals surface area contributed by atoms with Crippen LogP contribution in [0.4, 0.5) is 4.39 Å². The summed E-state index contributed by atoms with van der Waals surface area (Å²) in [5, 5.41) is 4.73. The number of carbonyl (C=O) groups excluding carboxylic acids is 1. The average molecular weight is 283 g/mol. The first kappa shape index (κ1) is 13.0. The van der Waals surface area contributed by atoms with Crippen LogP contribution in [0.15, 0.2) is 53.3 Å². The summed E-state index contributed by atoms with van der Waals surface area (Å²) in [6, 6.07) is 11.8. The summed E-state index contributed by atoms with van der Waals surface area (Å²) < 4.78 is 14.0. The molecule has 3 aromatic rings. The average Bonchev–Trinajstić information content (AvgIpc) is 2.49. The maximum absolute atomic E-state index is 13.0. The molecule has 6 heteroatoms. The number of nitrogens with zero attached hydrogens (tertiary/aromatic N) is 2. The van der Waals surface area contributed by atoms with Gasteiger partial charge in [-0.15, -0.1) is 0 Å². The maximum Gasteiger partial charge on any atom is 0.279 e. The lowest BCUT2D eigenvalue weighted by Crippen LogP contribution is -2.26. The molecule has 0 saturated heterocycles. The third kappa shape index (κ3) is 2.16. The highest BCUT2D eigenvalue weighted by Crippen LogP contribution is 2.14. The number of aromatic nitrogens is 2. The van der Waals surface area contributed by atoms with Crippen molar-refractivity contribution in [3.8, 4) is 5.69 Å². The van der Waals surface area contributed by atoms with E-state index in [1.54, 1.807) is 24.3 Å². The van der Waals surface area contributed by atoms with Gasteiger partial charge in [-0.1, -0.05) is 18.2 Å². The van der Waals surface area contributed by atoms with Crippen LogP contribution in [0, 0.1) is 5.82 Å². The van der Waals surface area contributed by atoms with Crippen molar-refractivity contribution >= 4 is 16.7 Å². The van der Waals surface area contributed by atoms with Gasteiger partial charge in [-0.05, 0) is 30.3 Å². The van der Waals surface area contributed by atoms with Crippen LogP contribution in [0.5, 0.6) is 0 Å². The van der Waals surface area contributed by atoms with E-state index in [0.29, 0.717) is 16.5 Å². The molecule has 5 nitrogen and oxygen atoms in total. The molecule has 1 amide bonds. The quantitative estimate of drug-likeness (QED) is 0.776. The van der Waals surface area contributed by atoms with Crippen LogP contribution in [0.25, 0.3) is 16.5 Å². The number of hydrogen-bond donors (Lipinski definition) is 1. The fourth-order valence-electron chi connectivity index (χ4n) is 2.13. The Bertz CT molecular complexity index is 901. The van der Waals surface area contributed by atoms with Gasteiger partial charge in [0.1, 0.15) is 5.82 Å². The van der Waals surface area contributed by atoms with Gasteiger partial charge in [0, 0.05) is 5.39 Å². The summed E-state index contributed by atoms with van der Waals surface area (Å²) in [7, 11) is 0. The first-order chi connectivity index (χ1) is 10.1. The van der Waals surface area contributed by atoms with Gasteiger partial charge < -0.3 is 5.73 Å². The number of fused-ring (bicyclic) bond motifs is 1. The van der Waals surface area contributed by atoms with Crippen molar-refractivity contribution in [3.05, 3.63) is 70.4 Å². The number of rotatable bonds is 2. The van der Waals surface area contributed by atoms with Gasteiger partial charge in [-0.25, -0.2) is 4.39 Å². The molecular formula is C15H10FN3O2. The molecule has 0 atom stereocenters. The fourth-order valence-corrected chi connectivity index (χ4v) is 2.13. The zero-order chi connectivity index (χ0) is 15.0. The minimum Gasteiger partial charge on any atom is -0.364 e. The molecule has 21 heavy (non-hydrogen) atoms. The zero-order valence-electron chi connectivity index (χ0n) is 10.8. The zero-order valence-corrected chi connectivity index (χ0v) is 10.8. The summed E-state index contributed by atoms with van der Waals surface area (Å²) in [5.74, 6) is -1.16. The first-order valence-corrected chi connectivity index (χ1v) is 6.16. The monoisotopic (exact) mass is 283 g/mol. The Hall–Kier alpha value is -3.02. The predicted molar refractivity (Wildman–Crippen MR) is 75.8 cm³/mol. The number of primary amides is 1. The molecule has 0 bridgehead atoms. The van der Waals surface area contributed by atoms with Crippen molar-refractivity contribution < 1.29 is 9.18 Å². The third-order valence-corrected chi connectivity index (χ3v) is 3.11. The molecule has 2 aromatic carbocycles. The van der Waals surface area contributed by atoms with Crippen LogP contribution in [0.3, 0.4) is 0 Å². The molecule has 0 unspecified atom stereocenters. The topological polar surface area (TPSA) is 78.0 Å². The molecule has 0 aliphatic heterocycles. The fraction of sp³-hybridized carbons (Fsp3) is 0. The lowest BCUT2D eigenvalue weighted by molar-refractivity contribution is 0.0995. The van der Waals surface area contributed by atoms with Crippen LogP contribution >= 0.6 is 0 Å². The summed E-state index contributed by atoms with van der Waals surface area (Å²) in [4.78, 5) is 24.0. The van der Waals surface area contributed by atoms with Crippen LogP contribution < -0.4 is 11.3 Å². The molecule has 2 N–H and O–H groups in total. The minimum atomic E-state index is -0.734. The highest BCUT2D eigenvalue weighted by molar-refractivity contribution is 6.04. The second-order valence-electron chi connectivity index (χ2n) is 4.45. The second kappa shape index (κ2) is 4.82. The summed E-state index contributed by atoms with van der Waals surface area (Å²) in [6.07, 6.45) is 0. The molecule has 1 heterocycles. The van der Waals surface area contributed by atoms with Gasteiger partial charge >= 0.3 is 0 Å². The SMILES string of the molecule is NC(=O)c1nn(-c2ccc(F)cc2)c(=O)c2ccccc12. The van der Waals surface area contributed by atoms with Crippen molar-refractivity contribution in [1.29, 1.82) is 0 Å². The van der Waals surface area contributed by atoms with Crippen molar-refractivity contribution in [2.75, 3.05) is 0 Å². The molecular weight excluding hydrogens is 273 g/mol. The standard InChI is InChI=1S/C15H10FN3O2/c16-9-5-7-10(8-6-9)19-15(21)12-4-2-1-3-11(12)13(18-19)14(17)20/h1-8H,(H2,17,20). The van der Waals surface area contributed by atoms with Crippen molar-refractivity contribution in [1.82, 2.24) is 9.78 Å². The second-order valence-corrected chi connectivity index (χ2v) is 4.45. The Morgan fingerprint density at radius 2 is 1.67 bits per heavy atom. The molecule has 1 aromatic heterocycles. The van der Waals surface area contributed by atoms with E-state index in [1.165, 1.54) is 24.3 Å². The Morgan fingerprint density at radius 1 is 1.05 bits per heavy atom. The number of benzene rings is 2. The molecule has 0 saturated carbocycles. The van der Waals surface area contributed by atoms with Crippen LogP contribution in [-0.2, 0) is 0 Å². The molecule has 0 aliphatic rings. The Balaban J connectivity index is 2.39. The lowest BCUT2D eigenvalue weighted by Gasteiger charge is -2.09. The predicted octanol–water partition coefficient (Wildman–Crippen LogP) is 1.62. The Kier molecular flexibility index (Phi) is 2.98. The van der Waals surface area contributed by atoms with E-state index in [0.717, 1.165) is 4.68 Å². The van der Waals surface area contributed by atoms with Gasteiger partial charge in [0.25, 0.3) is 11.5 Å². The van der Waals surface area contributed by atoms with Gasteiger partial charge in [-0.3, -0.25) is 9.59 Å². The Labute approximate surface area is 118 Å². The highest BCUT2D eigenvalue weighted by atomic mass is 19.1. The van der Waals surface area contributed by atoms with Gasteiger partial charge in [0.2, 0.25) is 0 Å². The minimum absolute atomic E-state index is 0.00507. The third-order valence-electron chi connectivity index (χ3n) is 3.11. The van der Waals surface area contributed by atoms with Crippen molar-refractivity contribution in [2.24, 2.45) is 5.73 Å². The smallest absolute Gasteiger partial charge is 0.279 e. The molecule has 104 valence electrons. The molecule has 0 spiro atoms. The maximum atomic E-state index is 13.0. The number of halogens is 1. The van der Waals surface area contributed by atoms with Crippen molar-refractivity contribution in [3.63, 3.8) is 0 Å². The summed E-state index contributed by atoms with van der Waals surface area (Å²) in [5.41, 5.74) is 5.27.